The number of nitrogens with zero attached hydrogens (tertiary/aromatic N) is 2. The lowest BCUT2D eigenvalue weighted by atomic mass is 10.0. The summed E-state index contributed by atoms with van der Waals surface area (Å²) >= 11 is 0. The van der Waals surface area contributed by atoms with Crippen molar-refractivity contribution in [3.05, 3.63) is 24.0 Å². The van der Waals surface area contributed by atoms with Gasteiger partial charge in [-0.3, -0.25) is 9.78 Å². The summed E-state index contributed by atoms with van der Waals surface area (Å²) in [7, 11) is 0. The van der Waals surface area contributed by atoms with Gasteiger partial charge in [0.05, 0.1) is 5.69 Å². The third-order valence-electron chi connectivity index (χ3n) is 3.74. The molecule has 0 saturated carbocycles. The highest BCUT2D eigenvalue weighted by Gasteiger charge is 2.20. The Morgan fingerprint density at radius 2 is 2.11 bits per heavy atom. The number of likely N-dealkylation sites (tertiary alicyclic amines) is 1. The smallest absolute Gasteiger partial charge is 0.219 e. The molecular weight excluding hydrogens is 238 g/mol. The van der Waals surface area contributed by atoms with E-state index in [-0.39, 0.29) is 7.33 Å². The summed E-state index contributed by atoms with van der Waals surface area (Å²) < 4.78 is 0. The van der Waals surface area contributed by atoms with Gasteiger partial charge in [0, 0.05) is 39.9 Å². The molecule has 1 amide bonds. The summed E-state index contributed by atoms with van der Waals surface area (Å²) in [4.78, 5) is 17.5. The van der Waals surface area contributed by atoms with Gasteiger partial charge in [-0.2, -0.15) is 0 Å². The molecule has 0 spiro atoms. The standard InChI is InChI=1S/C15H23N3O.H2/c1-11(2)13-8-15(10-16-9-13)17-14-4-6-18(7-5-14)12(3)19;/h8-11,14,17H,4-7H2,1-3H3;1H. The molecule has 1 saturated heterocycles. The molecule has 106 valence electrons. The molecule has 19 heavy (non-hydrogen) atoms. The van der Waals surface area contributed by atoms with E-state index in [1.54, 1.807) is 6.92 Å². The van der Waals surface area contributed by atoms with Gasteiger partial charge in [-0.25, -0.2) is 0 Å². The van der Waals surface area contributed by atoms with E-state index in [0.29, 0.717) is 12.0 Å². The van der Waals surface area contributed by atoms with Crippen LogP contribution in [0.4, 0.5) is 5.69 Å². The Labute approximate surface area is 116 Å². The van der Waals surface area contributed by atoms with Crippen LogP contribution in [0.15, 0.2) is 18.5 Å². The SMILES string of the molecule is CC(=O)N1CCC(Nc2cncc(C(C)C)c2)CC1.[HH]. The van der Waals surface area contributed by atoms with Crippen LogP contribution in [0, 0.1) is 0 Å². The first-order valence-corrected chi connectivity index (χ1v) is 7.03. The van der Waals surface area contributed by atoms with Crippen LogP contribution in [-0.2, 0) is 4.79 Å². The van der Waals surface area contributed by atoms with E-state index in [2.05, 4.69) is 30.2 Å². The van der Waals surface area contributed by atoms with Gasteiger partial charge in [0.2, 0.25) is 5.91 Å². The predicted molar refractivity (Wildman–Crippen MR) is 79.3 cm³/mol. The van der Waals surface area contributed by atoms with Crippen LogP contribution in [0.1, 0.15) is 46.5 Å². The minimum atomic E-state index is 0. The van der Waals surface area contributed by atoms with Crippen molar-refractivity contribution < 1.29 is 6.22 Å². The number of carbonyl (C=O) groups is 1. The predicted octanol–water partition coefficient (Wildman–Crippen LogP) is 2.87. The zero-order valence-corrected chi connectivity index (χ0v) is 12.0. The monoisotopic (exact) mass is 263 g/mol. The summed E-state index contributed by atoms with van der Waals surface area (Å²) in [5, 5.41) is 3.54. The van der Waals surface area contributed by atoms with Crippen LogP contribution in [0.5, 0.6) is 0 Å². The van der Waals surface area contributed by atoms with Crippen LogP contribution in [0.2, 0.25) is 0 Å². The van der Waals surface area contributed by atoms with Gasteiger partial charge >= 0.3 is 0 Å². The molecule has 0 bridgehead atoms. The molecule has 1 N–H and O–H groups in total. The van der Waals surface area contributed by atoms with Gasteiger partial charge in [0.15, 0.2) is 0 Å². The number of piperidine rings is 1. The van der Waals surface area contributed by atoms with Crippen LogP contribution in [0.25, 0.3) is 0 Å². The van der Waals surface area contributed by atoms with Gasteiger partial charge in [-0.15, -0.1) is 0 Å². The number of carbonyl (C=O) groups excluding carboxylic acids is 1. The van der Waals surface area contributed by atoms with Crippen LogP contribution < -0.4 is 5.32 Å². The Hall–Kier alpha value is -1.58. The Kier molecular flexibility index (Phi) is 4.40. The van der Waals surface area contributed by atoms with Crippen molar-refractivity contribution in [2.24, 2.45) is 0 Å². The molecule has 1 aliphatic heterocycles. The second-order valence-electron chi connectivity index (χ2n) is 5.59. The third-order valence-corrected chi connectivity index (χ3v) is 3.74. The topological polar surface area (TPSA) is 45.2 Å². The molecule has 1 aliphatic rings. The Balaban J connectivity index is 0.00000200. The lowest BCUT2D eigenvalue weighted by Gasteiger charge is -2.32. The summed E-state index contributed by atoms with van der Waals surface area (Å²) in [6.45, 7) is 7.69. The number of anilines is 1. The van der Waals surface area contributed by atoms with Crippen molar-refractivity contribution in [2.75, 3.05) is 18.4 Å². The summed E-state index contributed by atoms with van der Waals surface area (Å²) in [6, 6.07) is 2.62. The maximum atomic E-state index is 11.3. The van der Waals surface area contributed by atoms with Gasteiger partial charge < -0.3 is 10.2 Å². The van der Waals surface area contributed by atoms with Crippen LogP contribution >= 0.6 is 0 Å². The molecule has 1 fully saturated rings. The Morgan fingerprint density at radius 3 is 2.68 bits per heavy atom. The molecule has 2 heterocycles. The van der Waals surface area contributed by atoms with Crippen molar-refractivity contribution in [3.8, 4) is 0 Å². The second-order valence-corrected chi connectivity index (χ2v) is 5.59. The summed E-state index contributed by atoms with van der Waals surface area (Å²) in [5.41, 5.74) is 2.35. The lowest BCUT2D eigenvalue weighted by molar-refractivity contribution is -0.129. The van der Waals surface area contributed by atoms with Crippen molar-refractivity contribution in [3.63, 3.8) is 0 Å². The summed E-state index contributed by atoms with van der Waals surface area (Å²) in [6.07, 6.45) is 5.81. The molecule has 0 atom stereocenters. The molecule has 0 radical (unpaired) electrons. The maximum Gasteiger partial charge on any atom is 0.219 e. The molecule has 4 nitrogen and oxygen atoms in total. The number of aromatic nitrogens is 1. The summed E-state index contributed by atoms with van der Waals surface area (Å²) in [5.74, 6) is 0.677. The fourth-order valence-electron chi connectivity index (χ4n) is 2.43. The van der Waals surface area contributed by atoms with E-state index in [1.165, 1.54) is 5.56 Å². The average molecular weight is 263 g/mol. The minimum Gasteiger partial charge on any atom is -0.381 e. The Bertz CT molecular complexity index is 442. The Morgan fingerprint density at radius 1 is 1.42 bits per heavy atom. The van der Waals surface area contributed by atoms with E-state index in [9.17, 15) is 4.79 Å². The van der Waals surface area contributed by atoms with E-state index in [0.717, 1.165) is 31.6 Å². The molecule has 0 aliphatic carbocycles. The first kappa shape index (κ1) is 13.8. The van der Waals surface area contributed by atoms with Gasteiger partial charge in [0.25, 0.3) is 0 Å². The van der Waals surface area contributed by atoms with E-state index in [4.69, 9.17) is 0 Å². The highest BCUT2D eigenvalue weighted by molar-refractivity contribution is 5.73. The molecule has 0 aromatic carbocycles. The molecule has 0 unspecified atom stereocenters. The number of amides is 1. The first-order valence-electron chi connectivity index (χ1n) is 7.03. The highest BCUT2D eigenvalue weighted by atomic mass is 16.2. The van der Waals surface area contributed by atoms with Crippen molar-refractivity contribution in [2.45, 2.75) is 45.6 Å². The first-order chi connectivity index (χ1) is 9.06. The molecule has 4 heteroatoms. The van der Waals surface area contributed by atoms with Crippen molar-refractivity contribution >= 4 is 11.6 Å². The van der Waals surface area contributed by atoms with Crippen molar-refractivity contribution in [1.29, 1.82) is 0 Å². The molecular formula is C15H25N3O. The highest BCUT2D eigenvalue weighted by Crippen LogP contribution is 2.20. The number of rotatable bonds is 3. The van der Waals surface area contributed by atoms with Gasteiger partial charge in [-0.05, 0) is 30.4 Å². The van der Waals surface area contributed by atoms with E-state index in [1.807, 2.05) is 17.3 Å². The molecule has 1 aromatic rings. The molecule has 2 rings (SSSR count). The lowest BCUT2D eigenvalue weighted by Crippen LogP contribution is -2.41. The van der Waals surface area contributed by atoms with Gasteiger partial charge in [0.1, 0.15) is 0 Å². The van der Waals surface area contributed by atoms with Crippen LogP contribution in [-0.4, -0.2) is 34.9 Å². The van der Waals surface area contributed by atoms with E-state index < -0.39 is 0 Å². The quantitative estimate of drug-likeness (QED) is 0.912. The maximum absolute atomic E-state index is 11.3. The molecule has 1 aromatic heterocycles. The zero-order chi connectivity index (χ0) is 13.8. The second kappa shape index (κ2) is 6.04. The number of hydrogen-bond donors (Lipinski definition) is 1. The number of pyridine rings is 1. The number of nitrogens with one attached hydrogen (secondary N) is 1. The zero-order valence-electron chi connectivity index (χ0n) is 12.0. The third kappa shape index (κ3) is 3.69. The minimum absolute atomic E-state index is 0. The average Bonchev–Trinajstić information content (AvgIpc) is 2.39. The fraction of sp³-hybridized carbons (Fsp3) is 0.600. The normalized spacial score (nSPS) is 16.7. The fourth-order valence-corrected chi connectivity index (χ4v) is 2.43. The van der Waals surface area contributed by atoms with Gasteiger partial charge in [-0.1, -0.05) is 13.8 Å². The van der Waals surface area contributed by atoms with E-state index >= 15 is 0 Å². The van der Waals surface area contributed by atoms with Crippen molar-refractivity contribution in [1.82, 2.24) is 9.88 Å². The largest absolute Gasteiger partial charge is 0.381 e. The van der Waals surface area contributed by atoms with Crippen LogP contribution in [0.3, 0.4) is 0 Å². The number of hydrogen-bond acceptors (Lipinski definition) is 3.